The number of amides is 1. The van der Waals surface area contributed by atoms with Gasteiger partial charge < -0.3 is 20.1 Å². The molecule has 0 radical (unpaired) electrons. The van der Waals surface area contributed by atoms with E-state index in [1.807, 2.05) is 0 Å². The van der Waals surface area contributed by atoms with Crippen molar-refractivity contribution in [1.29, 1.82) is 0 Å². The molecule has 3 N–H and O–H groups in total. The van der Waals surface area contributed by atoms with Gasteiger partial charge in [-0.1, -0.05) is 0 Å². The van der Waals surface area contributed by atoms with Crippen molar-refractivity contribution in [2.24, 2.45) is 0 Å². The molecular weight excluding hydrogens is 303 g/mol. The fraction of sp³-hybridized carbons (Fsp3) is 0.375. The number of aliphatic hydroxyl groups is 2. The molecule has 0 aliphatic carbocycles. The molecule has 2 heterocycles. The van der Waals surface area contributed by atoms with E-state index < -0.39 is 28.9 Å². The zero-order chi connectivity index (χ0) is 16.8. The number of aromatic amines is 1. The SMILES string of the molecule is C[C@]1(O)CCN(C(=O)c2c[nH]c3ccc(F)cc3c2=O)C[C@@H]1O. The van der Waals surface area contributed by atoms with Gasteiger partial charge in [0.25, 0.3) is 5.91 Å². The topological polar surface area (TPSA) is 93.6 Å². The number of hydrogen-bond donors (Lipinski definition) is 3. The molecule has 0 bridgehead atoms. The van der Waals surface area contributed by atoms with Gasteiger partial charge in [0.2, 0.25) is 5.43 Å². The number of nitrogens with zero attached hydrogens (tertiary/aromatic N) is 1. The number of nitrogens with one attached hydrogen (secondary N) is 1. The molecule has 1 saturated heterocycles. The van der Waals surface area contributed by atoms with E-state index in [2.05, 4.69) is 4.98 Å². The first kappa shape index (κ1) is 15.6. The highest BCUT2D eigenvalue weighted by Crippen LogP contribution is 2.23. The fourth-order valence-electron chi connectivity index (χ4n) is 2.73. The zero-order valence-corrected chi connectivity index (χ0v) is 12.5. The Hall–Kier alpha value is -2.25. The number of aromatic nitrogens is 1. The van der Waals surface area contributed by atoms with E-state index in [4.69, 9.17) is 0 Å². The first-order valence-corrected chi connectivity index (χ1v) is 7.30. The van der Waals surface area contributed by atoms with Crippen molar-refractivity contribution in [3.05, 3.63) is 46.0 Å². The summed E-state index contributed by atoms with van der Waals surface area (Å²) in [5.74, 6) is -1.11. The number of aliphatic hydroxyl groups excluding tert-OH is 1. The van der Waals surface area contributed by atoms with Gasteiger partial charge >= 0.3 is 0 Å². The maximum absolute atomic E-state index is 13.3. The first-order valence-electron chi connectivity index (χ1n) is 7.30. The minimum absolute atomic E-state index is 0.0630. The van der Waals surface area contributed by atoms with Gasteiger partial charge in [0.15, 0.2) is 0 Å². The van der Waals surface area contributed by atoms with E-state index in [1.165, 1.54) is 30.2 Å². The lowest BCUT2D eigenvalue weighted by molar-refractivity contribution is -0.0999. The highest BCUT2D eigenvalue weighted by molar-refractivity contribution is 5.97. The van der Waals surface area contributed by atoms with Gasteiger partial charge in [-0.15, -0.1) is 0 Å². The average Bonchev–Trinajstić information content (AvgIpc) is 2.50. The van der Waals surface area contributed by atoms with E-state index >= 15 is 0 Å². The summed E-state index contributed by atoms with van der Waals surface area (Å²) < 4.78 is 13.3. The molecule has 6 nitrogen and oxygen atoms in total. The quantitative estimate of drug-likeness (QED) is 0.718. The molecule has 2 aromatic rings. The second-order valence-corrected chi connectivity index (χ2v) is 6.10. The van der Waals surface area contributed by atoms with Crippen LogP contribution in [0.2, 0.25) is 0 Å². The molecule has 2 atom stereocenters. The fourth-order valence-corrected chi connectivity index (χ4v) is 2.73. The number of hydrogen-bond acceptors (Lipinski definition) is 4. The highest BCUT2D eigenvalue weighted by Gasteiger charge is 2.38. The van der Waals surface area contributed by atoms with Crippen molar-refractivity contribution in [1.82, 2.24) is 9.88 Å². The Labute approximate surface area is 131 Å². The normalized spacial score (nSPS) is 24.9. The molecule has 3 rings (SSSR count). The van der Waals surface area contributed by atoms with Crippen molar-refractivity contribution in [3.63, 3.8) is 0 Å². The van der Waals surface area contributed by atoms with Crippen LogP contribution in [0.5, 0.6) is 0 Å². The molecule has 1 aliphatic rings. The number of likely N-dealkylation sites (tertiary alicyclic amines) is 1. The third kappa shape index (κ3) is 2.73. The molecule has 1 amide bonds. The Morgan fingerprint density at radius 2 is 2.22 bits per heavy atom. The Kier molecular flexibility index (Phi) is 3.69. The van der Waals surface area contributed by atoms with Crippen LogP contribution in [0.1, 0.15) is 23.7 Å². The van der Waals surface area contributed by atoms with Crippen LogP contribution in [0.4, 0.5) is 4.39 Å². The molecule has 0 unspecified atom stereocenters. The number of carbonyl (C=O) groups excluding carboxylic acids is 1. The van der Waals surface area contributed by atoms with E-state index in [0.29, 0.717) is 5.52 Å². The monoisotopic (exact) mass is 320 g/mol. The van der Waals surface area contributed by atoms with Crippen LogP contribution >= 0.6 is 0 Å². The Bertz CT molecular complexity index is 830. The molecule has 1 aromatic carbocycles. The third-order valence-corrected chi connectivity index (χ3v) is 4.36. The molecule has 1 fully saturated rings. The van der Waals surface area contributed by atoms with E-state index in [0.717, 1.165) is 6.07 Å². The van der Waals surface area contributed by atoms with Gasteiger partial charge in [-0.25, -0.2) is 4.39 Å². The largest absolute Gasteiger partial charge is 0.388 e. The van der Waals surface area contributed by atoms with Crippen LogP contribution < -0.4 is 5.43 Å². The molecule has 1 aromatic heterocycles. The molecule has 23 heavy (non-hydrogen) atoms. The Balaban J connectivity index is 1.96. The number of halogens is 1. The van der Waals surface area contributed by atoms with E-state index in [-0.39, 0.29) is 30.5 Å². The van der Waals surface area contributed by atoms with Crippen molar-refractivity contribution < 1.29 is 19.4 Å². The number of pyridine rings is 1. The maximum atomic E-state index is 13.3. The number of β-amino-alcohol motifs (C(OH)–C–C–N with tert-alkyl or cyclic N) is 1. The standard InChI is InChI=1S/C16H17FN2O4/c1-16(23)4-5-19(8-13(16)20)15(22)11-7-18-12-3-2-9(17)6-10(12)14(11)21/h2-3,6-7,13,20,23H,4-5,8H2,1H3,(H,18,21)/t13-,16-/m0/s1. The van der Waals surface area contributed by atoms with Crippen molar-refractivity contribution in [2.45, 2.75) is 25.0 Å². The number of H-pyrrole nitrogens is 1. The van der Waals surface area contributed by atoms with Crippen LogP contribution in [-0.2, 0) is 0 Å². The van der Waals surface area contributed by atoms with Crippen LogP contribution in [0.15, 0.2) is 29.2 Å². The molecule has 0 saturated carbocycles. The molecule has 0 spiro atoms. The van der Waals surface area contributed by atoms with Crippen molar-refractivity contribution in [3.8, 4) is 0 Å². The highest BCUT2D eigenvalue weighted by atomic mass is 19.1. The van der Waals surface area contributed by atoms with Crippen LogP contribution in [0.3, 0.4) is 0 Å². The number of benzene rings is 1. The van der Waals surface area contributed by atoms with Crippen LogP contribution in [0, 0.1) is 5.82 Å². The Morgan fingerprint density at radius 3 is 2.91 bits per heavy atom. The van der Waals surface area contributed by atoms with Crippen LogP contribution in [0.25, 0.3) is 10.9 Å². The number of piperidine rings is 1. The molecule has 122 valence electrons. The van der Waals surface area contributed by atoms with Gasteiger partial charge in [0, 0.05) is 30.2 Å². The molecule has 7 heteroatoms. The summed E-state index contributed by atoms with van der Waals surface area (Å²) in [6.45, 7) is 1.67. The minimum Gasteiger partial charge on any atom is -0.388 e. The van der Waals surface area contributed by atoms with Crippen LogP contribution in [-0.4, -0.2) is 50.8 Å². The van der Waals surface area contributed by atoms with Crippen molar-refractivity contribution >= 4 is 16.8 Å². The lowest BCUT2D eigenvalue weighted by atomic mass is 9.90. The van der Waals surface area contributed by atoms with Gasteiger partial charge in [0.1, 0.15) is 11.4 Å². The second kappa shape index (κ2) is 5.43. The van der Waals surface area contributed by atoms with Gasteiger partial charge in [-0.3, -0.25) is 9.59 Å². The van der Waals surface area contributed by atoms with E-state index in [9.17, 15) is 24.2 Å². The third-order valence-electron chi connectivity index (χ3n) is 4.36. The molecule has 1 aliphatic heterocycles. The van der Waals surface area contributed by atoms with Gasteiger partial charge in [-0.2, -0.15) is 0 Å². The first-order chi connectivity index (χ1) is 10.8. The predicted molar refractivity (Wildman–Crippen MR) is 81.7 cm³/mol. The predicted octanol–water partition coefficient (Wildman–Crippen LogP) is 0.625. The average molecular weight is 320 g/mol. The lowest BCUT2D eigenvalue weighted by Crippen LogP contribution is -2.55. The minimum atomic E-state index is -1.25. The summed E-state index contributed by atoms with van der Waals surface area (Å²) in [5, 5.41) is 19.9. The zero-order valence-electron chi connectivity index (χ0n) is 12.5. The number of carbonyl (C=O) groups is 1. The summed E-state index contributed by atoms with van der Waals surface area (Å²) in [7, 11) is 0. The number of rotatable bonds is 1. The van der Waals surface area contributed by atoms with Crippen molar-refractivity contribution in [2.75, 3.05) is 13.1 Å². The summed E-state index contributed by atoms with van der Waals surface area (Å²) in [6, 6.07) is 3.74. The van der Waals surface area contributed by atoms with Gasteiger partial charge in [0.05, 0.1) is 11.7 Å². The van der Waals surface area contributed by atoms with Gasteiger partial charge in [-0.05, 0) is 31.5 Å². The Morgan fingerprint density at radius 1 is 1.48 bits per heavy atom. The summed E-state index contributed by atoms with van der Waals surface area (Å²) >= 11 is 0. The van der Waals surface area contributed by atoms with E-state index in [1.54, 1.807) is 0 Å². The number of fused-ring (bicyclic) bond motifs is 1. The molecular formula is C16H17FN2O4. The summed E-state index contributed by atoms with van der Waals surface area (Å²) in [5.41, 5.74) is -1.49. The summed E-state index contributed by atoms with van der Waals surface area (Å²) in [6.07, 6.45) is 0.418. The summed E-state index contributed by atoms with van der Waals surface area (Å²) in [4.78, 5) is 29.1. The maximum Gasteiger partial charge on any atom is 0.259 e. The smallest absolute Gasteiger partial charge is 0.259 e. The second-order valence-electron chi connectivity index (χ2n) is 6.10. The lowest BCUT2D eigenvalue weighted by Gasteiger charge is -2.39.